The number of imide groups is 1. The van der Waals surface area contributed by atoms with Crippen molar-refractivity contribution < 1.29 is 43.0 Å². The molecule has 2 saturated heterocycles. The number of methoxy groups -OCH3 is 1. The molecule has 3 aliphatic heterocycles. The maximum atomic E-state index is 14.5. The maximum Gasteiger partial charge on any atom is 0.329 e. The van der Waals surface area contributed by atoms with Crippen LogP contribution in [0.2, 0.25) is 0 Å². The average molecular weight is 823 g/mol. The third-order valence-electron chi connectivity index (χ3n) is 11.7. The Labute approximate surface area is 349 Å². The summed E-state index contributed by atoms with van der Waals surface area (Å²) in [6.45, 7) is 15.2. The first kappa shape index (κ1) is 46.9. The number of carbonyl (C=O) groups excluding carboxylic acids is 7. The van der Waals surface area contributed by atoms with Crippen LogP contribution in [0.3, 0.4) is 0 Å². The minimum Gasteiger partial charge on any atom is -0.499 e. The number of hydrogen-bond donors (Lipinski definition) is 2. The van der Waals surface area contributed by atoms with Crippen LogP contribution in [0.4, 0.5) is 0 Å². The zero-order chi connectivity index (χ0) is 43.9. The molecular formula is C44H66N6O9. The second-order valence-corrected chi connectivity index (χ2v) is 17.4. The first-order valence-electron chi connectivity index (χ1n) is 21.1. The summed E-state index contributed by atoms with van der Waals surface area (Å²) >= 11 is 0. The lowest BCUT2D eigenvalue weighted by molar-refractivity contribution is -0.170. The first-order chi connectivity index (χ1) is 27.9. The van der Waals surface area contributed by atoms with E-state index < -0.39 is 77.9 Å². The summed E-state index contributed by atoms with van der Waals surface area (Å²) in [5.41, 5.74) is 0.886. The molecule has 6 amide bonds. The summed E-state index contributed by atoms with van der Waals surface area (Å²) in [4.78, 5) is 103. The van der Waals surface area contributed by atoms with Gasteiger partial charge in [0.25, 0.3) is 11.8 Å². The van der Waals surface area contributed by atoms with Crippen LogP contribution < -0.4 is 10.6 Å². The fraction of sp³-hybridized carbons (Fsp3) is 0.659. The Balaban J connectivity index is 1.50. The van der Waals surface area contributed by atoms with Crippen LogP contribution in [0.5, 0.6) is 0 Å². The van der Waals surface area contributed by atoms with Gasteiger partial charge in [-0.2, -0.15) is 0 Å². The molecule has 0 spiro atoms. The molecule has 0 unspecified atom stereocenters. The molecule has 7 atom stereocenters. The van der Waals surface area contributed by atoms with E-state index in [9.17, 15) is 33.6 Å². The highest BCUT2D eigenvalue weighted by Gasteiger charge is 2.48. The predicted octanol–water partition coefficient (Wildman–Crippen LogP) is 2.91. The van der Waals surface area contributed by atoms with Gasteiger partial charge in [-0.05, 0) is 62.0 Å². The number of benzene rings is 1. The SMILES string of the molecule is CN[C@H](C(=O)N[C@H](C(=O)N(C)[C@H](C(=O)N1CCC[C@H]1C(=O)N1CCC[C@H]1C(=O)O[C@H](C(=O)N1C(=O)C=C(OC)[C@@H]1Cc1ccccc1)C(C)C)C(C)C)C(C)C)C(C)C. The third-order valence-corrected chi connectivity index (χ3v) is 11.7. The zero-order valence-corrected chi connectivity index (χ0v) is 36.7. The van der Waals surface area contributed by atoms with Crippen LogP contribution in [0, 0.1) is 23.7 Å². The number of nitrogens with one attached hydrogen (secondary N) is 2. The van der Waals surface area contributed by atoms with Crippen molar-refractivity contribution in [3.8, 4) is 0 Å². The normalized spacial score (nSPS) is 21.5. The number of likely N-dealkylation sites (tertiary alicyclic amines) is 2. The van der Waals surface area contributed by atoms with E-state index in [1.165, 1.54) is 27.9 Å². The summed E-state index contributed by atoms with van der Waals surface area (Å²) in [6, 6.07) is 4.47. The Morgan fingerprint density at radius 2 is 1.39 bits per heavy atom. The molecule has 1 aromatic rings. The molecule has 0 bridgehead atoms. The topological polar surface area (TPSA) is 175 Å². The fourth-order valence-corrected chi connectivity index (χ4v) is 8.57. The van der Waals surface area contributed by atoms with Gasteiger partial charge in [0.05, 0.1) is 13.2 Å². The van der Waals surface area contributed by atoms with Crippen molar-refractivity contribution in [3.63, 3.8) is 0 Å². The lowest BCUT2D eigenvalue weighted by Crippen LogP contribution is -2.61. The molecule has 0 aliphatic carbocycles. The summed E-state index contributed by atoms with van der Waals surface area (Å²) in [5, 5.41) is 5.91. The van der Waals surface area contributed by atoms with Crippen molar-refractivity contribution in [2.24, 2.45) is 23.7 Å². The monoisotopic (exact) mass is 822 g/mol. The minimum atomic E-state index is -1.31. The molecule has 0 saturated carbocycles. The second kappa shape index (κ2) is 20.5. The van der Waals surface area contributed by atoms with Crippen molar-refractivity contribution in [1.29, 1.82) is 0 Å². The number of likely N-dealkylation sites (N-methyl/N-ethyl adjacent to an activating group) is 2. The minimum absolute atomic E-state index is 0.0212. The number of ether oxygens (including phenoxy) is 2. The van der Waals surface area contributed by atoms with Gasteiger partial charge < -0.3 is 34.8 Å². The molecule has 2 fully saturated rings. The molecule has 59 heavy (non-hydrogen) atoms. The molecule has 3 aliphatic rings. The third kappa shape index (κ3) is 10.5. The zero-order valence-electron chi connectivity index (χ0n) is 36.7. The van der Waals surface area contributed by atoms with Gasteiger partial charge in [0, 0.05) is 32.6 Å². The van der Waals surface area contributed by atoms with Crippen LogP contribution in [0.25, 0.3) is 0 Å². The van der Waals surface area contributed by atoms with Crippen molar-refractivity contribution in [2.75, 3.05) is 34.3 Å². The van der Waals surface area contributed by atoms with E-state index in [-0.39, 0.29) is 36.1 Å². The molecule has 3 heterocycles. The standard InChI is InChI=1S/C44H66N6O9/c1-25(2)35(45-9)39(52)46-36(26(3)4)41(54)47(10)37(27(5)6)42(55)48-21-15-19-30(48)40(53)49-22-16-20-31(49)44(57)59-38(28(7)8)43(56)50-32(33(58-11)24-34(50)51)23-29-17-13-12-14-18-29/h12-14,17-18,24-28,30-32,35-38,45H,15-16,19-23H2,1-11H3,(H,46,52)/t30-,31-,32-,35-,36-,37-,38-/m0/s1. The summed E-state index contributed by atoms with van der Waals surface area (Å²) in [5.74, 6) is -4.30. The van der Waals surface area contributed by atoms with E-state index in [0.29, 0.717) is 44.4 Å². The van der Waals surface area contributed by atoms with Crippen LogP contribution >= 0.6 is 0 Å². The Kier molecular flexibility index (Phi) is 16.3. The lowest BCUT2D eigenvalue weighted by Gasteiger charge is -2.38. The number of rotatable bonds is 17. The maximum absolute atomic E-state index is 14.5. The molecule has 1 aromatic carbocycles. The number of esters is 1. The van der Waals surface area contributed by atoms with Gasteiger partial charge in [0.1, 0.15) is 36.0 Å². The van der Waals surface area contributed by atoms with Crippen LogP contribution in [0.15, 0.2) is 42.2 Å². The highest BCUT2D eigenvalue weighted by molar-refractivity contribution is 6.06. The van der Waals surface area contributed by atoms with E-state index in [1.807, 2.05) is 71.9 Å². The van der Waals surface area contributed by atoms with E-state index in [2.05, 4.69) is 10.6 Å². The molecule has 2 N–H and O–H groups in total. The average Bonchev–Trinajstić information content (AvgIpc) is 3.94. The van der Waals surface area contributed by atoms with E-state index in [1.54, 1.807) is 27.9 Å². The largest absolute Gasteiger partial charge is 0.499 e. The quantitative estimate of drug-likeness (QED) is 0.223. The van der Waals surface area contributed by atoms with Crippen LogP contribution in [-0.2, 0) is 49.5 Å². The van der Waals surface area contributed by atoms with E-state index >= 15 is 0 Å². The Morgan fingerprint density at radius 3 is 1.93 bits per heavy atom. The summed E-state index contributed by atoms with van der Waals surface area (Å²) in [6.07, 6.45) is 2.01. The molecule has 15 nitrogen and oxygen atoms in total. The Hall–Kier alpha value is -4.79. The lowest BCUT2D eigenvalue weighted by atomic mass is 9.96. The second-order valence-electron chi connectivity index (χ2n) is 17.4. The first-order valence-corrected chi connectivity index (χ1v) is 21.1. The van der Waals surface area contributed by atoms with Gasteiger partial charge in [-0.3, -0.25) is 33.7 Å². The molecular weight excluding hydrogens is 757 g/mol. The highest BCUT2D eigenvalue weighted by atomic mass is 16.6. The molecule has 326 valence electrons. The van der Waals surface area contributed by atoms with Crippen molar-refractivity contribution in [3.05, 3.63) is 47.7 Å². The van der Waals surface area contributed by atoms with Crippen molar-refractivity contribution in [1.82, 2.24) is 30.2 Å². The van der Waals surface area contributed by atoms with Gasteiger partial charge in [-0.15, -0.1) is 0 Å². The van der Waals surface area contributed by atoms with Crippen LogP contribution in [0.1, 0.15) is 86.6 Å². The molecule has 0 radical (unpaired) electrons. The summed E-state index contributed by atoms with van der Waals surface area (Å²) in [7, 11) is 4.69. The van der Waals surface area contributed by atoms with E-state index in [0.717, 1.165) is 10.5 Å². The Bertz CT molecular complexity index is 1730. The number of carbonyl (C=O) groups is 7. The molecule has 4 rings (SSSR count). The van der Waals surface area contributed by atoms with Crippen molar-refractivity contribution >= 4 is 41.4 Å². The fourth-order valence-electron chi connectivity index (χ4n) is 8.57. The van der Waals surface area contributed by atoms with Gasteiger partial charge in [-0.1, -0.05) is 85.7 Å². The van der Waals surface area contributed by atoms with Gasteiger partial charge >= 0.3 is 5.97 Å². The summed E-state index contributed by atoms with van der Waals surface area (Å²) < 4.78 is 11.4. The van der Waals surface area contributed by atoms with Gasteiger partial charge in [0.2, 0.25) is 23.6 Å². The van der Waals surface area contributed by atoms with Gasteiger partial charge in [-0.25, -0.2) is 4.79 Å². The van der Waals surface area contributed by atoms with E-state index in [4.69, 9.17) is 9.47 Å². The smallest absolute Gasteiger partial charge is 0.329 e. The predicted molar refractivity (Wildman–Crippen MR) is 221 cm³/mol. The van der Waals surface area contributed by atoms with Crippen LogP contribution in [-0.4, -0.2) is 138 Å². The highest BCUT2D eigenvalue weighted by Crippen LogP contribution is 2.30. The number of hydrogen-bond acceptors (Lipinski definition) is 10. The van der Waals surface area contributed by atoms with Gasteiger partial charge in [0.15, 0.2) is 6.10 Å². The molecule has 0 aromatic heterocycles. The number of amides is 6. The molecule has 15 heteroatoms. The Morgan fingerprint density at radius 1 is 0.797 bits per heavy atom. The van der Waals surface area contributed by atoms with Crippen molar-refractivity contribution in [2.45, 2.75) is 130 Å². The number of nitrogens with zero attached hydrogens (tertiary/aromatic N) is 4.